The average Bonchev–Trinajstić information content (AvgIpc) is 2.44. The molecule has 102 valence electrons. The summed E-state index contributed by atoms with van der Waals surface area (Å²) >= 11 is 0. The van der Waals surface area contributed by atoms with Crippen LogP contribution in [0, 0.1) is 17.1 Å². The van der Waals surface area contributed by atoms with Gasteiger partial charge >= 0.3 is 0 Å². The molecule has 1 aliphatic heterocycles. The molecule has 1 fully saturated rings. The minimum absolute atomic E-state index is 0.266. The Hall–Kier alpha value is -1.71. The molecule has 0 bridgehead atoms. The van der Waals surface area contributed by atoms with Gasteiger partial charge in [0.1, 0.15) is 29.9 Å². The molecule has 0 unspecified atom stereocenters. The summed E-state index contributed by atoms with van der Waals surface area (Å²) in [7, 11) is 0. The van der Waals surface area contributed by atoms with Crippen LogP contribution in [-0.4, -0.2) is 42.9 Å². The fraction of sp³-hybridized carbons (Fsp3) is 0.462. The van der Waals surface area contributed by atoms with Crippen molar-refractivity contribution in [2.24, 2.45) is 0 Å². The molecule has 0 aromatic heterocycles. The van der Waals surface area contributed by atoms with Gasteiger partial charge in [-0.15, -0.1) is 0 Å². The summed E-state index contributed by atoms with van der Waals surface area (Å²) in [5.74, 6) is -1.25. The van der Waals surface area contributed by atoms with Crippen molar-refractivity contribution in [3.8, 4) is 11.8 Å². The zero-order chi connectivity index (χ0) is 13.8. The number of rotatable bonds is 3. The number of hydrogen-bond donors (Lipinski definition) is 2. The second-order valence-electron chi connectivity index (χ2n) is 4.43. The van der Waals surface area contributed by atoms with Crippen LogP contribution >= 0.6 is 0 Å². The van der Waals surface area contributed by atoms with Gasteiger partial charge in [0, 0.05) is 31.7 Å². The molecule has 4 nitrogen and oxygen atoms in total. The van der Waals surface area contributed by atoms with Crippen molar-refractivity contribution in [2.75, 3.05) is 32.9 Å². The van der Waals surface area contributed by atoms with Crippen LogP contribution in [0.2, 0.25) is 0 Å². The van der Waals surface area contributed by atoms with Crippen molar-refractivity contribution in [3.63, 3.8) is 0 Å². The maximum Gasteiger partial charge on any atom is 0.144 e. The summed E-state index contributed by atoms with van der Waals surface area (Å²) in [5.41, 5.74) is -0.159. The van der Waals surface area contributed by atoms with Gasteiger partial charge in [0.25, 0.3) is 0 Å². The topological polar surface area (TPSA) is 59.3 Å². The van der Waals surface area contributed by atoms with Gasteiger partial charge in [-0.1, -0.05) is 6.07 Å². The molecular formula is C13H15F2N3O. The van der Waals surface area contributed by atoms with E-state index in [1.807, 2.05) is 4.90 Å². The lowest BCUT2D eigenvalue weighted by Gasteiger charge is -2.34. The molecule has 0 saturated carbocycles. The number of alkyl halides is 1. The molecule has 1 aliphatic rings. The highest BCUT2D eigenvalue weighted by molar-refractivity contribution is 5.49. The molecule has 0 spiro atoms. The summed E-state index contributed by atoms with van der Waals surface area (Å²) in [5, 5.41) is 21.9. The fourth-order valence-electron chi connectivity index (χ4n) is 2.33. The number of nitrogens with zero attached hydrogens (tertiary/aromatic N) is 2. The van der Waals surface area contributed by atoms with Gasteiger partial charge in [-0.25, -0.2) is 8.78 Å². The van der Waals surface area contributed by atoms with E-state index in [0.717, 1.165) is 19.2 Å². The first kappa shape index (κ1) is 13.7. The first-order chi connectivity index (χ1) is 9.19. The normalized spacial score (nSPS) is 17.9. The SMILES string of the molecule is N#Cc1c(F)ccc([C@@H](CF)N2CCNCC2)c1O. The molecule has 1 atom stereocenters. The zero-order valence-electron chi connectivity index (χ0n) is 10.4. The van der Waals surface area contributed by atoms with Crippen LogP contribution in [-0.2, 0) is 0 Å². The minimum Gasteiger partial charge on any atom is -0.506 e. The fourth-order valence-corrected chi connectivity index (χ4v) is 2.33. The van der Waals surface area contributed by atoms with Crippen molar-refractivity contribution in [2.45, 2.75) is 6.04 Å². The van der Waals surface area contributed by atoms with Crippen molar-refractivity contribution in [1.82, 2.24) is 10.2 Å². The Balaban J connectivity index is 2.35. The Labute approximate surface area is 110 Å². The van der Waals surface area contributed by atoms with Gasteiger partial charge in [-0.3, -0.25) is 4.90 Å². The molecule has 1 aromatic carbocycles. The average molecular weight is 267 g/mol. The number of aromatic hydroxyl groups is 1. The minimum atomic E-state index is -0.790. The Bertz CT molecular complexity index is 495. The van der Waals surface area contributed by atoms with Crippen LogP contribution in [0.1, 0.15) is 17.2 Å². The Morgan fingerprint density at radius 2 is 2.11 bits per heavy atom. The van der Waals surface area contributed by atoms with Crippen LogP contribution in [0.25, 0.3) is 0 Å². The third kappa shape index (κ3) is 2.67. The van der Waals surface area contributed by atoms with Crippen molar-refractivity contribution in [1.29, 1.82) is 5.26 Å². The summed E-state index contributed by atoms with van der Waals surface area (Å²) in [6, 6.07) is 3.40. The van der Waals surface area contributed by atoms with E-state index in [4.69, 9.17) is 5.26 Å². The second kappa shape index (κ2) is 5.95. The lowest BCUT2D eigenvalue weighted by atomic mass is 10.0. The smallest absolute Gasteiger partial charge is 0.144 e. The van der Waals surface area contributed by atoms with Crippen LogP contribution in [0.15, 0.2) is 12.1 Å². The lowest BCUT2D eigenvalue weighted by Crippen LogP contribution is -2.45. The van der Waals surface area contributed by atoms with Gasteiger partial charge in [0.05, 0.1) is 6.04 Å². The van der Waals surface area contributed by atoms with Crippen LogP contribution < -0.4 is 5.32 Å². The van der Waals surface area contributed by atoms with Gasteiger partial charge < -0.3 is 10.4 Å². The molecule has 6 heteroatoms. The third-order valence-corrected chi connectivity index (χ3v) is 3.37. The molecule has 19 heavy (non-hydrogen) atoms. The molecule has 1 heterocycles. The van der Waals surface area contributed by atoms with E-state index in [9.17, 15) is 13.9 Å². The largest absolute Gasteiger partial charge is 0.506 e. The van der Waals surface area contributed by atoms with Crippen molar-refractivity contribution < 1.29 is 13.9 Å². The van der Waals surface area contributed by atoms with E-state index in [1.165, 1.54) is 6.07 Å². The number of nitriles is 1. The van der Waals surface area contributed by atoms with E-state index in [2.05, 4.69) is 5.32 Å². The molecule has 1 saturated heterocycles. The van der Waals surface area contributed by atoms with Gasteiger partial charge in [0.2, 0.25) is 0 Å². The van der Waals surface area contributed by atoms with Gasteiger partial charge in [0.15, 0.2) is 0 Å². The molecule has 2 N–H and O–H groups in total. The number of phenolic OH excluding ortho intramolecular Hbond substituents is 1. The first-order valence-corrected chi connectivity index (χ1v) is 6.11. The molecular weight excluding hydrogens is 252 g/mol. The van der Waals surface area contributed by atoms with E-state index >= 15 is 0 Å². The number of benzene rings is 1. The lowest BCUT2D eigenvalue weighted by molar-refractivity contribution is 0.145. The highest BCUT2D eigenvalue weighted by Crippen LogP contribution is 2.33. The first-order valence-electron chi connectivity index (χ1n) is 6.11. The molecule has 0 radical (unpaired) electrons. The number of phenols is 1. The molecule has 0 aliphatic carbocycles. The quantitative estimate of drug-likeness (QED) is 0.867. The van der Waals surface area contributed by atoms with Gasteiger partial charge in [-0.05, 0) is 6.07 Å². The molecule has 0 amide bonds. The monoisotopic (exact) mass is 267 g/mol. The molecule has 1 aromatic rings. The summed E-state index contributed by atoms with van der Waals surface area (Å²) in [6.45, 7) is 2.08. The van der Waals surface area contributed by atoms with Crippen molar-refractivity contribution >= 4 is 0 Å². The van der Waals surface area contributed by atoms with E-state index < -0.39 is 29.8 Å². The summed E-state index contributed by atoms with van der Waals surface area (Å²) < 4.78 is 26.6. The Morgan fingerprint density at radius 1 is 1.42 bits per heavy atom. The maximum absolute atomic E-state index is 13.3. The van der Waals surface area contributed by atoms with Gasteiger partial charge in [-0.2, -0.15) is 5.26 Å². The Kier molecular flexibility index (Phi) is 4.30. The van der Waals surface area contributed by atoms with E-state index in [-0.39, 0.29) is 5.56 Å². The van der Waals surface area contributed by atoms with E-state index in [1.54, 1.807) is 6.07 Å². The zero-order valence-corrected chi connectivity index (χ0v) is 10.4. The second-order valence-corrected chi connectivity index (χ2v) is 4.43. The number of hydrogen-bond acceptors (Lipinski definition) is 4. The number of piperazine rings is 1. The number of nitrogens with one attached hydrogen (secondary N) is 1. The summed E-state index contributed by atoms with van der Waals surface area (Å²) in [6.07, 6.45) is 0. The maximum atomic E-state index is 13.3. The highest BCUT2D eigenvalue weighted by atomic mass is 19.1. The summed E-state index contributed by atoms with van der Waals surface area (Å²) in [4.78, 5) is 1.88. The number of halogens is 2. The standard InChI is InChI=1S/C13H15F2N3O/c14-7-12(18-5-3-17-4-6-18)9-1-2-11(15)10(8-16)13(9)19/h1-2,12,17,19H,3-7H2/t12-/m1/s1. The Morgan fingerprint density at radius 3 is 2.68 bits per heavy atom. The third-order valence-electron chi connectivity index (χ3n) is 3.37. The van der Waals surface area contributed by atoms with Crippen LogP contribution in [0.4, 0.5) is 8.78 Å². The van der Waals surface area contributed by atoms with E-state index in [0.29, 0.717) is 13.1 Å². The molecule has 2 rings (SSSR count). The predicted molar refractivity (Wildman–Crippen MR) is 65.9 cm³/mol. The highest BCUT2D eigenvalue weighted by Gasteiger charge is 2.26. The predicted octanol–water partition coefficient (Wildman–Crippen LogP) is 1.32. The van der Waals surface area contributed by atoms with Crippen molar-refractivity contribution in [3.05, 3.63) is 29.1 Å². The van der Waals surface area contributed by atoms with Crippen LogP contribution in [0.3, 0.4) is 0 Å². The van der Waals surface area contributed by atoms with Crippen LogP contribution in [0.5, 0.6) is 5.75 Å².